The van der Waals surface area contributed by atoms with Crippen LogP contribution in [0.1, 0.15) is 200 Å². The number of likely N-dealkylation sites (N-methyl/N-ethyl adjacent to an activating group) is 1. The number of hydrogen-bond donors (Lipinski definition) is 1. The number of nitrogens with zero attached hydrogens (tertiary/aromatic N) is 1. The molecule has 48 heavy (non-hydrogen) atoms. The topological polar surface area (TPSA) is 44.5 Å². The van der Waals surface area contributed by atoms with Crippen LogP contribution in [0.15, 0.2) is 24.3 Å². The molecule has 0 aliphatic rings. The van der Waals surface area contributed by atoms with Crippen LogP contribution in [0, 0.1) is 0 Å². The van der Waals surface area contributed by atoms with E-state index in [0.717, 1.165) is 63.5 Å². The molecule has 0 atom stereocenters. The molecule has 4 nitrogen and oxygen atoms in total. The predicted octanol–water partition coefficient (Wildman–Crippen LogP) is 12.9. The zero-order chi connectivity index (χ0) is 34.9. The second-order valence-electron chi connectivity index (χ2n) is 15.0. The van der Waals surface area contributed by atoms with E-state index < -0.39 is 0 Å². The molecule has 2 N–H and O–H groups in total. The molecule has 0 aromatic rings. The lowest BCUT2D eigenvalue weighted by Crippen LogP contribution is -2.49. The van der Waals surface area contributed by atoms with Crippen LogP contribution in [0.2, 0.25) is 0 Å². The second-order valence-corrected chi connectivity index (χ2v) is 15.0. The summed E-state index contributed by atoms with van der Waals surface area (Å²) < 4.78 is 13.2. The Morgan fingerprint density at radius 1 is 0.375 bits per heavy atom. The maximum atomic E-state index is 6.07. The van der Waals surface area contributed by atoms with Crippen molar-refractivity contribution in [3.63, 3.8) is 0 Å². The van der Waals surface area contributed by atoms with Crippen molar-refractivity contribution in [3.8, 4) is 0 Å². The summed E-state index contributed by atoms with van der Waals surface area (Å²) >= 11 is 0. The van der Waals surface area contributed by atoms with Gasteiger partial charge in [0, 0.05) is 19.6 Å². The van der Waals surface area contributed by atoms with Crippen LogP contribution in [0.5, 0.6) is 0 Å². The summed E-state index contributed by atoms with van der Waals surface area (Å²) in [6.45, 7) is 12.1. The van der Waals surface area contributed by atoms with Gasteiger partial charge in [0.2, 0.25) is 0 Å². The Labute approximate surface area is 303 Å². The molecule has 0 aromatic heterocycles. The van der Waals surface area contributed by atoms with Crippen molar-refractivity contribution in [2.24, 2.45) is 5.73 Å². The van der Waals surface area contributed by atoms with Crippen molar-refractivity contribution in [2.45, 2.75) is 200 Å². The highest BCUT2D eigenvalue weighted by Crippen LogP contribution is 2.12. The molecular weight excluding hydrogens is 588 g/mol. The van der Waals surface area contributed by atoms with Gasteiger partial charge >= 0.3 is 0 Å². The van der Waals surface area contributed by atoms with Gasteiger partial charge in [-0.2, -0.15) is 0 Å². The molecule has 0 spiro atoms. The van der Waals surface area contributed by atoms with E-state index in [-0.39, 0.29) is 0 Å². The number of quaternary nitrogens is 1. The summed E-state index contributed by atoms with van der Waals surface area (Å²) in [4.78, 5) is 0. The Balaban J connectivity index is 3.61. The van der Waals surface area contributed by atoms with Crippen LogP contribution in [-0.4, -0.2) is 64.1 Å². The van der Waals surface area contributed by atoms with Crippen molar-refractivity contribution in [1.82, 2.24) is 0 Å². The summed E-state index contributed by atoms with van der Waals surface area (Å²) in [7, 11) is 2.36. The largest absolute Gasteiger partial charge is 0.376 e. The van der Waals surface area contributed by atoms with Gasteiger partial charge in [-0.1, -0.05) is 154 Å². The van der Waals surface area contributed by atoms with Gasteiger partial charge in [-0.05, 0) is 70.8 Å². The quantitative estimate of drug-likeness (QED) is 0.0398. The molecule has 0 radical (unpaired) electrons. The number of allylic oxidation sites excluding steroid dienone is 4. The van der Waals surface area contributed by atoms with E-state index >= 15 is 0 Å². The predicted molar refractivity (Wildman–Crippen MR) is 215 cm³/mol. The zero-order valence-electron chi connectivity index (χ0n) is 33.3. The summed E-state index contributed by atoms with van der Waals surface area (Å²) in [6.07, 6.45) is 48.5. The van der Waals surface area contributed by atoms with Crippen molar-refractivity contribution >= 4 is 0 Å². The van der Waals surface area contributed by atoms with Crippen molar-refractivity contribution in [1.29, 1.82) is 0 Å². The lowest BCUT2D eigenvalue weighted by atomic mass is 10.1. The van der Waals surface area contributed by atoms with Gasteiger partial charge in [-0.3, -0.25) is 0 Å². The molecule has 0 fully saturated rings. The van der Waals surface area contributed by atoms with E-state index in [2.05, 4.69) is 45.2 Å². The molecule has 0 aliphatic heterocycles. The van der Waals surface area contributed by atoms with E-state index in [9.17, 15) is 0 Å². The lowest BCUT2D eigenvalue weighted by molar-refractivity contribution is -0.910. The molecule has 4 heteroatoms. The number of rotatable bonds is 41. The molecule has 0 saturated carbocycles. The first-order valence-corrected chi connectivity index (χ1v) is 21.7. The Hall–Kier alpha value is -0.680. The highest BCUT2D eigenvalue weighted by atomic mass is 16.5. The summed E-state index contributed by atoms with van der Waals surface area (Å²) in [5.41, 5.74) is 5.86. The van der Waals surface area contributed by atoms with Gasteiger partial charge < -0.3 is 19.7 Å². The Morgan fingerprint density at radius 2 is 0.688 bits per heavy atom. The molecule has 286 valence electrons. The average Bonchev–Trinajstić information content (AvgIpc) is 3.09. The Kier molecular flexibility index (Phi) is 40.2. The van der Waals surface area contributed by atoms with Gasteiger partial charge in [-0.15, -0.1) is 0 Å². The molecule has 0 amide bonds. The normalized spacial score (nSPS) is 13.3. The summed E-state index contributed by atoms with van der Waals surface area (Å²) in [5, 5.41) is 0. The Bertz CT molecular complexity index is 602. The molecule has 0 bridgehead atoms. The highest BCUT2D eigenvalue weighted by molar-refractivity contribution is 4.82. The lowest BCUT2D eigenvalue weighted by Gasteiger charge is -2.34. The SMILES string of the molecule is CCCCCCCCC=CCCCCCCCCOCC[N+](C)(CCCN)CCOCCCCCCCCC=CCCCCCCCC. The van der Waals surface area contributed by atoms with E-state index in [1.165, 1.54) is 180 Å². The number of hydrogen-bond acceptors (Lipinski definition) is 3. The standard InChI is InChI=1S/C44H89N2O2/c1-4-6-8-10-12-14-16-18-20-22-24-26-28-30-32-34-41-47-43-39-46(3,38-36-37-45)40-44-48-42-35-33-31-29-27-25-23-21-19-17-15-13-11-9-7-5-2/h18-21H,4-17,22-45H2,1-3H3/q+1. The van der Waals surface area contributed by atoms with Crippen LogP contribution >= 0.6 is 0 Å². The monoisotopic (exact) mass is 678 g/mol. The molecule has 0 saturated heterocycles. The Morgan fingerprint density at radius 3 is 1.02 bits per heavy atom. The molecule has 0 rings (SSSR count). The minimum Gasteiger partial charge on any atom is -0.376 e. The van der Waals surface area contributed by atoms with Gasteiger partial charge in [0.15, 0.2) is 0 Å². The molecular formula is C44H89N2O2+. The third-order valence-corrected chi connectivity index (χ3v) is 10.1. The summed E-state index contributed by atoms with van der Waals surface area (Å²) in [6, 6.07) is 0. The van der Waals surface area contributed by atoms with E-state index in [1.54, 1.807) is 0 Å². The van der Waals surface area contributed by atoms with Crippen molar-refractivity contribution < 1.29 is 14.0 Å². The highest BCUT2D eigenvalue weighted by Gasteiger charge is 2.20. The van der Waals surface area contributed by atoms with E-state index in [1.807, 2.05) is 0 Å². The first-order chi connectivity index (χ1) is 23.7. The minimum absolute atomic E-state index is 0.764. The van der Waals surface area contributed by atoms with Crippen LogP contribution in [0.25, 0.3) is 0 Å². The van der Waals surface area contributed by atoms with Gasteiger partial charge in [-0.25, -0.2) is 0 Å². The van der Waals surface area contributed by atoms with E-state index in [0.29, 0.717) is 0 Å². The third kappa shape index (κ3) is 38.1. The maximum Gasteiger partial charge on any atom is 0.102 e. The number of unbranched alkanes of at least 4 members (excludes halogenated alkanes) is 24. The van der Waals surface area contributed by atoms with E-state index in [4.69, 9.17) is 15.2 Å². The van der Waals surface area contributed by atoms with Crippen LogP contribution in [0.3, 0.4) is 0 Å². The molecule has 0 unspecified atom stereocenters. The maximum absolute atomic E-state index is 6.07. The number of nitrogens with two attached hydrogens (primary N) is 1. The fourth-order valence-electron chi connectivity index (χ4n) is 6.49. The van der Waals surface area contributed by atoms with Gasteiger partial charge in [0.25, 0.3) is 0 Å². The first kappa shape index (κ1) is 47.3. The van der Waals surface area contributed by atoms with Crippen LogP contribution in [-0.2, 0) is 9.47 Å². The molecule has 0 aliphatic carbocycles. The average molecular weight is 678 g/mol. The zero-order valence-corrected chi connectivity index (χ0v) is 33.3. The van der Waals surface area contributed by atoms with Gasteiger partial charge in [0.1, 0.15) is 13.1 Å². The van der Waals surface area contributed by atoms with Crippen molar-refractivity contribution in [2.75, 3.05) is 59.7 Å². The number of ether oxygens (including phenoxy) is 2. The fourth-order valence-corrected chi connectivity index (χ4v) is 6.49. The molecule has 0 aromatic carbocycles. The third-order valence-electron chi connectivity index (χ3n) is 10.1. The second kappa shape index (κ2) is 40.7. The van der Waals surface area contributed by atoms with Crippen molar-refractivity contribution in [3.05, 3.63) is 24.3 Å². The fraction of sp³-hybridized carbons (Fsp3) is 0.909. The molecule has 0 heterocycles. The van der Waals surface area contributed by atoms with Crippen LogP contribution < -0.4 is 5.73 Å². The van der Waals surface area contributed by atoms with Crippen LogP contribution in [0.4, 0.5) is 0 Å². The first-order valence-electron chi connectivity index (χ1n) is 21.7. The minimum atomic E-state index is 0.764. The van der Waals surface area contributed by atoms with Gasteiger partial charge in [0.05, 0.1) is 26.8 Å². The smallest absolute Gasteiger partial charge is 0.102 e. The summed E-state index contributed by atoms with van der Waals surface area (Å²) in [5.74, 6) is 0.